The second kappa shape index (κ2) is 5.84. The van der Waals surface area contributed by atoms with Crippen molar-refractivity contribution < 1.29 is 24.2 Å². The van der Waals surface area contributed by atoms with Crippen LogP contribution in [0.15, 0.2) is 0 Å². The molecule has 2 amide bonds. The number of hydrogen-bond acceptors (Lipinski definition) is 4. The van der Waals surface area contributed by atoms with Gasteiger partial charge < -0.3 is 20.5 Å². The number of carbonyl (C=O) groups is 3. The minimum Gasteiger partial charge on any atom is -0.480 e. The van der Waals surface area contributed by atoms with E-state index in [1.807, 2.05) is 0 Å². The molecule has 0 aliphatic carbocycles. The summed E-state index contributed by atoms with van der Waals surface area (Å²) in [5.41, 5.74) is 0. The number of carbonyl (C=O) groups excluding carboxylic acids is 2. The minimum absolute atomic E-state index is 0.588. The average Bonchev–Trinajstić information content (AvgIpc) is 2.16. The van der Waals surface area contributed by atoms with E-state index < -0.39 is 30.1 Å². The molecular formula is C8H14N2O5. The number of carboxylic acid groups (broad SMARTS) is 1. The number of alkyl carbamates (subject to hydrolysis) is 1. The van der Waals surface area contributed by atoms with E-state index >= 15 is 0 Å². The first-order valence-electron chi connectivity index (χ1n) is 4.26. The maximum Gasteiger partial charge on any atom is 0.407 e. The standard InChI is InChI=1S/C8H14N2O5/c1-4(10-8(14)15-3)6(11)9-5(2)7(12)13/h4-5H,1-3H3,(H,9,11)(H,10,14)(H,12,13)/t4-,5-/m0/s1. The molecule has 0 aliphatic rings. The van der Waals surface area contributed by atoms with E-state index in [1.165, 1.54) is 21.0 Å². The van der Waals surface area contributed by atoms with Gasteiger partial charge in [0.1, 0.15) is 12.1 Å². The molecule has 0 saturated heterocycles. The number of methoxy groups -OCH3 is 1. The number of hydrogen-bond donors (Lipinski definition) is 3. The first-order valence-corrected chi connectivity index (χ1v) is 4.26. The van der Waals surface area contributed by atoms with Crippen LogP contribution >= 0.6 is 0 Å². The van der Waals surface area contributed by atoms with Crippen LogP contribution in [0.2, 0.25) is 0 Å². The van der Waals surface area contributed by atoms with Crippen molar-refractivity contribution in [2.24, 2.45) is 0 Å². The summed E-state index contributed by atoms with van der Waals surface area (Å²) in [4.78, 5) is 32.4. The van der Waals surface area contributed by atoms with Crippen molar-refractivity contribution >= 4 is 18.0 Å². The maximum atomic E-state index is 11.3. The summed E-state index contributed by atoms with van der Waals surface area (Å²) in [6.07, 6.45) is -0.749. The third kappa shape index (κ3) is 4.84. The molecule has 15 heavy (non-hydrogen) atoms. The minimum atomic E-state index is -1.14. The monoisotopic (exact) mass is 218 g/mol. The van der Waals surface area contributed by atoms with Crippen molar-refractivity contribution in [3.05, 3.63) is 0 Å². The quantitative estimate of drug-likeness (QED) is 0.580. The molecular weight excluding hydrogens is 204 g/mol. The molecule has 0 aliphatic heterocycles. The predicted molar refractivity (Wildman–Crippen MR) is 50.2 cm³/mol. The average molecular weight is 218 g/mol. The summed E-state index contributed by atoms with van der Waals surface area (Å²) in [5, 5.41) is 12.9. The number of nitrogens with one attached hydrogen (secondary N) is 2. The molecule has 0 fully saturated rings. The molecule has 0 bridgehead atoms. The number of rotatable bonds is 4. The summed E-state index contributed by atoms with van der Waals surface area (Å²) < 4.78 is 4.28. The molecule has 0 heterocycles. The van der Waals surface area contributed by atoms with Crippen molar-refractivity contribution in [1.29, 1.82) is 0 Å². The van der Waals surface area contributed by atoms with Crippen LogP contribution in [0.4, 0.5) is 4.79 Å². The molecule has 0 unspecified atom stereocenters. The third-order valence-electron chi connectivity index (χ3n) is 1.64. The molecule has 0 aromatic carbocycles. The van der Waals surface area contributed by atoms with Gasteiger partial charge in [-0.05, 0) is 13.8 Å². The molecule has 0 rings (SSSR count). The predicted octanol–water partition coefficient (Wildman–Crippen LogP) is -0.680. The Labute approximate surface area is 86.8 Å². The smallest absolute Gasteiger partial charge is 0.407 e. The Balaban J connectivity index is 4.10. The lowest BCUT2D eigenvalue weighted by molar-refractivity contribution is -0.141. The van der Waals surface area contributed by atoms with E-state index in [2.05, 4.69) is 15.4 Å². The normalized spacial score (nSPS) is 13.5. The zero-order chi connectivity index (χ0) is 12.0. The maximum absolute atomic E-state index is 11.3. The topological polar surface area (TPSA) is 105 Å². The van der Waals surface area contributed by atoms with Crippen LogP contribution < -0.4 is 10.6 Å². The highest BCUT2D eigenvalue weighted by atomic mass is 16.5. The molecule has 0 radical (unpaired) electrons. The van der Waals surface area contributed by atoms with Gasteiger partial charge in [0.25, 0.3) is 0 Å². The highest BCUT2D eigenvalue weighted by Crippen LogP contribution is 1.87. The van der Waals surface area contributed by atoms with Crippen LogP contribution in [-0.2, 0) is 14.3 Å². The van der Waals surface area contributed by atoms with Gasteiger partial charge in [0.2, 0.25) is 5.91 Å². The van der Waals surface area contributed by atoms with Crippen LogP contribution in [0.5, 0.6) is 0 Å². The van der Waals surface area contributed by atoms with Crippen molar-refractivity contribution in [2.45, 2.75) is 25.9 Å². The van der Waals surface area contributed by atoms with E-state index in [1.54, 1.807) is 0 Å². The molecule has 0 aromatic rings. The first-order chi connectivity index (χ1) is 6.88. The summed E-state index contributed by atoms with van der Waals surface area (Å²) in [6.45, 7) is 2.74. The fourth-order valence-electron chi connectivity index (χ4n) is 0.701. The Morgan fingerprint density at radius 2 is 1.67 bits per heavy atom. The Morgan fingerprint density at radius 1 is 1.13 bits per heavy atom. The molecule has 2 atom stereocenters. The molecule has 86 valence electrons. The van der Waals surface area contributed by atoms with Crippen molar-refractivity contribution in [2.75, 3.05) is 7.11 Å². The Bertz CT molecular complexity index is 266. The van der Waals surface area contributed by atoms with Gasteiger partial charge >= 0.3 is 12.1 Å². The fraction of sp³-hybridized carbons (Fsp3) is 0.625. The van der Waals surface area contributed by atoms with E-state index in [4.69, 9.17) is 5.11 Å². The molecule has 7 nitrogen and oxygen atoms in total. The zero-order valence-electron chi connectivity index (χ0n) is 8.73. The first kappa shape index (κ1) is 13.2. The van der Waals surface area contributed by atoms with Gasteiger partial charge in [0.15, 0.2) is 0 Å². The lowest BCUT2D eigenvalue weighted by Gasteiger charge is -2.15. The van der Waals surface area contributed by atoms with E-state index in [0.29, 0.717) is 0 Å². The largest absolute Gasteiger partial charge is 0.480 e. The molecule has 7 heteroatoms. The van der Waals surface area contributed by atoms with Gasteiger partial charge in [-0.25, -0.2) is 4.79 Å². The number of carboxylic acids is 1. The zero-order valence-corrected chi connectivity index (χ0v) is 8.73. The number of ether oxygens (including phenoxy) is 1. The Morgan fingerprint density at radius 3 is 2.07 bits per heavy atom. The highest BCUT2D eigenvalue weighted by molar-refractivity contribution is 5.88. The van der Waals surface area contributed by atoms with Gasteiger partial charge in [-0.1, -0.05) is 0 Å². The summed E-state index contributed by atoms with van der Waals surface area (Å²) >= 11 is 0. The summed E-state index contributed by atoms with van der Waals surface area (Å²) in [7, 11) is 1.17. The van der Waals surface area contributed by atoms with Crippen LogP contribution in [0, 0.1) is 0 Å². The van der Waals surface area contributed by atoms with E-state index in [9.17, 15) is 14.4 Å². The van der Waals surface area contributed by atoms with Gasteiger partial charge in [-0.2, -0.15) is 0 Å². The van der Waals surface area contributed by atoms with Gasteiger partial charge in [0.05, 0.1) is 7.11 Å². The van der Waals surface area contributed by atoms with Crippen molar-refractivity contribution in [3.63, 3.8) is 0 Å². The van der Waals surface area contributed by atoms with Crippen molar-refractivity contribution in [1.82, 2.24) is 10.6 Å². The van der Waals surface area contributed by atoms with E-state index in [-0.39, 0.29) is 0 Å². The lowest BCUT2D eigenvalue weighted by atomic mass is 10.2. The molecule has 0 spiro atoms. The van der Waals surface area contributed by atoms with Crippen LogP contribution in [0.25, 0.3) is 0 Å². The fourth-order valence-corrected chi connectivity index (χ4v) is 0.701. The molecule has 0 aromatic heterocycles. The van der Waals surface area contributed by atoms with Gasteiger partial charge in [0, 0.05) is 0 Å². The third-order valence-corrected chi connectivity index (χ3v) is 1.64. The van der Waals surface area contributed by atoms with Crippen LogP contribution in [-0.4, -0.2) is 42.3 Å². The van der Waals surface area contributed by atoms with Crippen LogP contribution in [0.3, 0.4) is 0 Å². The highest BCUT2D eigenvalue weighted by Gasteiger charge is 2.20. The SMILES string of the molecule is COC(=O)N[C@@H](C)C(=O)N[C@@H](C)C(=O)O. The molecule has 3 N–H and O–H groups in total. The Kier molecular flexibility index (Phi) is 5.14. The van der Waals surface area contributed by atoms with Gasteiger partial charge in [-0.3, -0.25) is 9.59 Å². The number of amides is 2. The Hall–Kier alpha value is -1.79. The second-order valence-corrected chi connectivity index (χ2v) is 2.93. The number of aliphatic carboxylic acids is 1. The van der Waals surface area contributed by atoms with Crippen molar-refractivity contribution in [3.8, 4) is 0 Å². The van der Waals surface area contributed by atoms with E-state index in [0.717, 1.165) is 0 Å². The summed E-state index contributed by atoms with van der Waals surface area (Å²) in [5.74, 6) is -1.73. The lowest BCUT2D eigenvalue weighted by Crippen LogP contribution is -2.49. The summed E-state index contributed by atoms with van der Waals surface area (Å²) in [6, 6.07) is -1.85. The van der Waals surface area contributed by atoms with Gasteiger partial charge in [-0.15, -0.1) is 0 Å². The second-order valence-electron chi connectivity index (χ2n) is 2.93. The molecule has 0 saturated carbocycles. The van der Waals surface area contributed by atoms with Crippen LogP contribution in [0.1, 0.15) is 13.8 Å².